The minimum Gasteiger partial charge on any atom is -0.447 e. The van der Waals surface area contributed by atoms with E-state index >= 15 is 0 Å². The maximum absolute atomic E-state index is 12.0. The first-order valence-corrected chi connectivity index (χ1v) is 7.63. The normalized spacial score (nSPS) is 24.2. The van der Waals surface area contributed by atoms with Crippen LogP contribution in [0, 0.1) is 11.3 Å². The van der Waals surface area contributed by atoms with Crippen molar-refractivity contribution in [3.8, 4) is 0 Å². The van der Waals surface area contributed by atoms with Crippen LogP contribution in [-0.4, -0.2) is 63.0 Å². The number of morpholine rings is 1. The summed E-state index contributed by atoms with van der Waals surface area (Å²) in [6, 6.07) is 0. The van der Waals surface area contributed by atoms with E-state index in [2.05, 4.69) is 30.7 Å². The van der Waals surface area contributed by atoms with Crippen molar-refractivity contribution in [2.75, 3.05) is 46.1 Å². The van der Waals surface area contributed by atoms with Gasteiger partial charge in [0.25, 0.3) is 0 Å². The Labute approximate surface area is 126 Å². The quantitative estimate of drug-likeness (QED) is 0.576. The van der Waals surface area contributed by atoms with Gasteiger partial charge in [-0.3, -0.25) is 0 Å². The van der Waals surface area contributed by atoms with E-state index < -0.39 is 6.09 Å². The fraction of sp³-hybridized carbons (Fsp3) is 0.867. The standard InChI is InChI=1S/C15H26N2O4/c1-15(2,3)13(17-5-8-19-9-6-17)16-14(18)21-11-12-4-7-20-10-12/h12H,4-11H2,1-3H3/b16-13-. The van der Waals surface area contributed by atoms with Gasteiger partial charge in [0.1, 0.15) is 5.84 Å². The van der Waals surface area contributed by atoms with Crippen LogP contribution >= 0.6 is 0 Å². The van der Waals surface area contributed by atoms with Gasteiger partial charge in [-0.2, -0.15) is 4.99 Å². The molecule has 0 aromatic rings. The van der Waals surface area contributed by atoms with E-state index in [4.69, 9.17) is 14.2 Å². The fourth-order valence-electron chi connectivity index (χ4n) is 2.51. The Kier molecular flexibility index (Phi) is 5.58. The van der Waals surface area contributed by atoms with Crippen molar-refractivity contribution >= 4 is 11.9 Å². The molecule has 0 aromatic carbocycles. The van der Waals surface area contributed by atoms with Crippen LogP contribution in [0.1, 0.15) is 27.2 Å². The number of hydrogen-bond donors (Lipinski definition) is 0. The lowest BCUT2D eigenvalue weighted by atomic mass is 9.93. The van der Waals surface area contributed by atoms with Crippen LogP contribution in [0.2, 0.25) is 0 Å². The topological polar surface area (TPSA) is 60.4 Å². The highest BCUT2D eigenvalue weighted by Crippen LogP contribution is 2.21. The largest absolute Gasteiger partial charge is 0.447 e. The molecule has 120 valence electrons. The maximum Gasteiger partial charge on any atom is 0.435 e. The molecule has 6 heteroatoms. The third-order valence-electron chi connectivity index (χ3n) is 3.65. The molecule has 0 saturated carbocycles. The zero-order chi connectivity index (χ0) is 15.3. The van der Waals surface area contributed by atoms with E-state index in [1.54, 1.807) is 0 Å². The number of rotatable bonds is 2. The number of ether oxygens (including phenoxy) is 3. The zero-order valence-corrected chi connectivity index (χ0v) is 13.3. The molecule has 2 saturated heterocycles. The summed E-state index contributed by atoms with van der Waals surface area (Å²) in [5, 5.41) is 0. The van der Waals surface area contributed by atoms with E-state index in [1.807, 2.05) is 0 Å². The van der Waals surface area contributed by atoms with Crippen molar-refractivity contribution in [2.45, 2.75) is 27.2 Å². The molecule has 0 aromatic heterocycles. The summed E-state index contributed by atoms with van der Waals surface area (Å²) in [7, 11) is 0. The molecule has 6 nitrogen and oxygen atoms in total. The molecular weight excluding hydrogens is 272 g/mol. The summed E-state index contributed by atoms with van der Waals surface area (Å²) in [4.78, 5) is 18.3. The van der Waals surface area contributed by atoms with Crippen molar-refractivity contribution in [3.63, 3.8) is 0 Å². The number of carbonyl (C=O) groups is 1. The summed E-state index contributed by atoms with van der Waals surface area (Å²) in [5.74, 6) is 1.09. The highest BCUT2D eigenvalue weighted by molar-refractivity contribution is 5.95. The first-order chi connectivity index (χ1) is 9.97. The monoisotopic (exact) mass is 298 g/mol. The van der Waals surface area contributed by atoms with Crippen LogP contribution in [0.3, 0.4) is 0 Å². The van der Waals surface area contributed by atoms with E-state index in [1.165, 1.54) is 0 Å². The Morgan fingerprint density at radius 2 is 1.95 bits per heavy atom. The van der Waals surface area contributed by atoms with Crippen LogP contribution in [0.5, 0.6) is 0 Å². The van der Waals surface area contributed by atoms with Crippen LogP contribution in [0.25, 0.3) is 0 Å². The second-order valence-electron chi connectivity index (χ2n) is 6.59. The summed E-state index contributed by atoms with van der Waals surface area (Å²) in [6.07, 6.45) is 0.449. The van der Waals surface area contributed by atoms with Gasteiger partial charge in [-0.1, -0.05) is 20.8 Å². The first-order valence-electron chi connectivity index (χ1n) is 7.63. The number of nitrogens with zero attached hydrogens (tertiary/aromatic N) is 2. The van der Waals surface area contributed by atoms with Gasteiger partial charge in [0.2, 0.25) is 0 Å². The van der Waals surface area contributed by atoms with Gasteiger partial charge >= 0.3 is 6.09 Å². The molecule has 0 bridgehead atoms. The van der Waals surface area contributed by atoms with Gasteiger partial charge in [-0.15, -0.1) is 0 Å². The Bertz CT molecular complexity index is 378. The van der Waals surface area contributed by atoms with Crippen LogP contribution in [-0.2, 0) is 14.2 Å². The van der Waals surface area contributed by atoms with Gasteiger partial charge in [0.05, 0.1) is 26.4 Å². The molecule has 0 radical (unpaired) electrons. The maximum atomic E-state index is 12.0. The molecule has 1 amide bonds. The van der Waals surface area contributed by atoms with Crippen molar-refractivity contribution in [1.29, 1.82) is 0 Å². The molecule has 1 unspecified atom stereocenters. The number of amidine groups is 1. The van der Waals surface area contributed by atoms with Crippen molar-refractivity contribution in [3.05, 3.63) is 0 Å². The van der Waals surface area contributed by atoms with E-state index in [9.17, 15) is 4.79 Å². The molecule has 2 heterocycles. The molecule has 2 aliphatic heterocycles. The molecule has 0 spiro atoms. The Morgan fingerprint density at radius 1 is 1.24 bits per heavy atom. The third kappa shape index (κ3) is 4.97. The predicted molar refractivity (Wildman–Crippen MR) is 79.6 cm³/mol. The number of amides is 1. The SMILES string of the molecule is CC(C)(C)/C(=N/C(=O)OCC1CCOC1)N1CCOCC1. The fourth-order valence-corrected chi connectivity index (χ4v) is 2.51. The Morgan fingerprint density at radius 3 is 2.52 bits per heavy atom. The molecule has 2 rings (SSSR count). The number of aliphatic imine (C=N–C) groups is 1. The molecule has 0 N–H and O–H groups in total. The highest BCUT2D eigenvalue weighted by Gasteiger charge is 2.28. The van der Waals surface area contributed by atoms with Crippen LogP contribution < -0.4 is 0 Å². The molecule has 1 atom stereocenters. The molecule has 2 fully saturated rings. The Hall–Kier alpha value is -1.14. The smallest absolute Gasteiger partial charge is 0.435 e. The average molecular weight is 298 g/mol. The van der Waals surface area contributed by atoms with Gasteiger partial charge in [-0.05, 0) is 6.42 Å². The molecule has 0 aliphatic carbocycles. The number of carbonyl (C=O) groups excluding carboxylic acids is 1. The van der Waals surface area contributed by atoms with Gasteiger partial charge in [0.15, 0.2) is 0 Å². The van der Waals surface area contributed by atoms with Crippen molar-refractivity contribution in [2.24, 2.45) is 16.3 Å². The average Bonchev–Trinajstić information content (AvgIpc) is 2.95. The summed E-state index contributed by atoms with van der Waals surface area (Å²) < 4.78 is 15.9. The van der Waals surface area contributed by atoms with Crippen molar-refractivity contribution in [1.82, 2.24) is 4.90 Å². The summed E-state index contributed by atoms with van der Waals surface area (Å²) in [6.45, 7) is 10.9. The van der Waals surface area contributed by atoms with E-state index in [0.717, 1.165) is 32.0 Å². The molecular formula is C15H26N2O4. The first kappa shape index (κ1) is 16.2. The van der Waals surface area contributed by atoms with E-state index in [-0.39, 0.29) is 5.41 Å². The van der Waals surface area contributed by atoms with Gasteiger partial charge in [-0.25, -0.2) is 4.79 Å². The second-order valence-corrected chi connectivity index (χ2v) is 6.59. The van der Waals surface area contributed by atoms with Crippen LogP contribution in [0.15, 0.2) is 4.99 Å². The van der Waals surface area contributed by atoms with Gasteiger partial charge < -0.3 is 19.1 Å². The summed E-state index contributed by atoms with van der Waals surface area (Å²) >= 11 is 0. The minimum absolute atomic E-state index is 0.202. The predicted octanol–water partition coefficient (Wildman–Crippen LogP) is 1.94. The zero-order valence-electron chi connectivity index (χ0n) is 13.3. The lowest BCUT2D eigenvalue weighted by molar-refractivity contribution is 0.0641. The third-order valence-corrected chi connectivity index (χ3v) is 3.65. The van der Waals surface area contributed by atoms with Gasteiger partial charge in [0, 0.05) is 31.0 Å². The number of hydrogen-bond acceptors (Lipinski definition) is 4. The molecule has 2 aliphatic rings. The van der Waals surface area contributed by atoms with Crippen LogP contribution in [0.4, 0.5) is 4.79 Å². The van der Waals surface area contributed by atoms with Crippen molar-refractivity contribution < 1.29 is 19.0 Å². The lowest BCUT2D eigenvalue weighted by Gasteiger charge is -2.35. The second kappa shape index (κ2) is 7.22. The van der Waals surface area contributed by atoms with E-state index in [0.29, 0.717) is 32.3 Å². The molecule has 21 heavy (non-hydrogen) atoms. The Balaban J connectivity index is 1.95. The minimum atomic E-state index is -0.502. The summed E-state index contributed by atoms with van der Waals surface area (Å²) in [5.41, 5.74) is -0.202. The highest BCUT2D eigenvalue weighted by atomic mass is 16.5. The lowest BCUT2D eigenvalue weighted by Crippen LogP contribution is -2.46.